The van der Waals surface area contributed by atoms with Crippen molar-refractivity contribution < 1.29 is 8.83 Å². The van der Waals surface area contributed by atoms with Gasteiger partial charge in [0.1, 0.15) is 22.3 Å². The van der Waals surface area contributed by atoms with Crippen LogP contribution in [0.25, 0.3) is 93.3 Å². The van der Waals surface area contributed by atoms with Gasteiger partial charge in [-0.05, 0) is 232 Å². The Bertz CT molecular complexity index is 4580. The van der Waals surface area contributed by atoms with Gasteiger partial charge in [0.2, 0.25) is 0 Å². The second-order valence-electron chi connectivity index (χ2n) is 28.5. The van der Waals surface area contributed by atoms with Crippen molar-refractivity contribution in [2.75, 3.05) is 4.81 Å². The van der Waals surface area contributed by atoms with Gasteiger partial charge in [-0.15, -0.1) is 0 Å². The van der Waals surface area contributed by atoms with Crippen LogP contribution < -0.4 is 15.7 Å². The van der Waals surface area contributed by atoms with E-state index in [1.165, 1.54) is 159 Å². The number of para-hydroxylation sites is 1. The molecule has 5 heteroatoms. The SMILES string of the molecule is CC(C)(C)c1ccc(N2B3c4c(cc5c(oc6ccccc65)c4-c4cc5c(cc42)oc2cc4ccccc4cc25)-n2c4ccc(C56CC7CC8CC(C5)C87C6)cc4c4cc(C56CC7CC8CC(C5)C8(C7)C6)cc3c42)cc1. The lowest BCUT2D eigenvalue weighted by atomic mass is 9.38. The van der Waals surface area contributed by atoms with Gasteiger partial charge in [-0.25, -0.2) is 0 Å². The smallest absolute Gasteiger partial charge is 0.333 e. The Balaban J connectivity index is 0.907. The normalized spacial score (nSPS) is 32.2. The first-order chi connectivity index (χ1) is 37.0. The van der Waals surface area contributed by atoms with E-state index in [4.69, 9.17) is 8.83 Å². The number of nitrogens with zero attached hydrogens (tertiary/aromatic N) is 2. The van der Waals surface area contributed by atoms with E-state index in [9.17, 15) is 0 Å². The minimum Gasteiger partial charge on any atom is -0.456 e. The van der Waals surface area contributed by atoms with Gasteiger partial charge in [-0.3, -0.25) is 0 Å². The average Bonchev–Trinajstić information content (AvgIpc) is 3.77. The van der Waals surface area contributed by atoms with Crippen molar-refractivity contribution in [1.82, 2.24) is 4.57 Å². The molecule has 8 fully saturated rings. The van der Waals surface area contributed by atoms with Crippen molar-refractivity contribution >= 4 is 106 Å². The van der Waals surface area contributed by atoms with Gasteiger partial charge >= 0.3 is 6.85 Å². The predicted octanol–water partition coefficient (Wildman–Crippen LogP) is 16.8. The van der Waals surface area contributed by atoms with Crippen molar-refractivity contribution in [2.24, 2.45) is 46.3 Å². The van der Waals surface area contributed by atoms with Crippen molar-refractivity contribution in [3.63, 3.8) is 0 Å². The maximum Gasteiger partial charge on any atom is 0.333 e. The molecule has 8 saturated carbocycles. The first-order valence-corrected chi connectivity index (χ1v) is 29.5. The summed E-state index contributed by atoms with van der Waals surface area (Å²) in [5.41, 5.74) is 22.0. The highest BCUT2D eigenvalue weighted by atomic mass is 16.3. The second kappa shape index (κ2) is 12.5. The molecule has 4 nitrogen and oxygen atoms in total. The van der Waals surface area contributed by atoms with Gasteiger partial charge in [0.15, 0.2) is 0 Å². The molecule has 7 unspecified atom stereocenters. The number of hydrogen-bond donors (Lipinski definition) is 0. The van der Waals surface area contributed by atoms with E-state index in [2.05, 4.69) is 164 Å². The molecule has 5 bridgehead atoms. The van der Waals surface area contributed by atoms with E-state index in [-0.39, 0.29) is 17.7 Å². The Morgan fingerprint density at radius 2 is 1.29 bits per heavy atom. The molecule has 368 valence electrons. The lowest BCUT2D eigenvalue weighted by molar-refractivity contribution is -0.175. The summed E-state index contributed by atoms with van der Waals surface area (Å²) in [6, 6.07) is 52.8. The highest BCUT2D eigenvalue weighted by Gasteiger charge is 2.77. The first-order valence-electron chi connectivity index (χ1n) is 29.5. The summed E-state index contributed by atoms with van der Waals surface area (Å²) in [5, 5.41) is 10.1. The Labute approximate surface area is 442 Å². The molecule has 5 heterocycles. The third-order valence-electron chi connectivity index (χ3n) is 24.7. The van der Waals surface area contributed by atoms with Gasteiger partial charge < -0.3 is 18.2 Å². The summed E-state index contributed by atoms with van der Waals surface area (Å²) >= 11 is 0. The molecule has 11 aromatic rings. The molecular formula is C71H59BN2O2. The number of aromatic nitrogens is 1. The Morgan fingerprint density at radius 3 is 2.12 bits per heavy atom. The summed E-state index contributed by atoms with van der Waals surface area (Å²) < 4.78 is 17.2. The highest BCUT2D eigenvalue weighted by Crippen LogP contribution is 2.84. The fourth-order valence-electron chi connectivity index (χ4n) is 21.8. The molecule has 10 aliphatic rings. The summed E-state index contributed by atoms with van der Waals surface area (Å²) in [7, 11) is 0. The topological polar surface area (TPSA) is 34.5 Å². The molecule has 8 aromatic carbocycles. The minimum atomic E-state index is -0.120. The molecule has 0 saturated heterocycles. The first kappa shape index (κ1) is 40.5. The molecule has 7 atom stereocenters. The molecule has 21 rings (SSSR count). The maximum absolute atomic E-state index is 7.33. The van der Waals surface area contributed by atoms with Crippen LogP contribution >= 0.6 is 0 Å². The second-order valence-corrected chi connectivity index (χ2v) is 28.5. The van der Waals surface area contributed by atoms with E-state index >= 15 is 0 Å². The Morgan fingerprint density at radius 1 is 0.539 bits per heavy atom. The van der Waals surface area contributed by atoms with Gasteiger partial charge in [-0.2, -0.15) is 0 Å². The minimum absolute atomic E-state index is 0.0229. The lowest BCUT2D eigenvalue weighted by Gasteiger charge is -2.66. The predicted molar refractivity (Wildman–Crippen MR) is 311 cm³/mol. The van der Waals surface area contributed by atoms with E-state index in [1.807, 2.05) is 0 Å². The third-order valence-corrected chi connectivity index (χ3v) is 24.7. The van der Waals surface area contributed by atoms with Crippen LogP contribution in [0.1, 0.15) is 108 Å². The van der Waals surface area contributed by atoms with Gasteiger partial charge in [0.05, 0.1) is 11.0 Å². The monoisotopic (exact) mass is 982 g/mol. The lowest BCUT2D eigenvalue weighted by Crippen LogP contribution is -2.61. The summed E-state index contributed by atoms with van der Waals surface area (Å²) in [4.78, 5) is 2.75. The standard InChI is InChI=1S/C71H59BN2O2/c1-67(2,3)40-12-15-48(16-13-40)74-58-29-62-52(51-19-38-8-4-5-9-39(38)20-61(51)75-62)27-55(58)63-64-59(28-54-49-10-6-7-11-60(49)76-66(54)63)73-57-17-14-41(69-33-46-22-44-23-47(34-69)71(44,46)36-69)24-50(57)53-25-42(26-56(65(53)73)72(64)74)68-30-37-18-43-21-45(32-68)70(43,31-37)35-68/h4-17,19-20,24-29,37,43-47H,18,21-23,30-36H2,1-3H3. The van der Waals surface area contributed by atoms with E-state index in [0.29, 0.717) is 16.2 Å². The quantitative estimate of drug-likeness (QED) is 0.165. The zero-order valence-electron chi connectivity index (χ0n) is 43.7. The third kappa shape index (κ3) is 4.40. The van der Waals surface area contributed by atoms with Gasteiger partial charge in [-0.1, -0.05) is 87.5 Å². The number of hydrogen-bond acceptors (Lipinski definition) is 3. The van der Waals surface area contributed by atoms with E-state index in [1.54, 1.807) is 11.1 Å². The molecule has 0 radical (unpaired) electrons. The van der Waals surface area contributed by atoms with Crippen LogP contribution in [0.3, 0.4) is 0 Å². The van der Waals surface area contributed by atoms with Crippen molar-refractivity contribution in [3.8, 4) is 16.8 Å². The number of rotatable bonds is 3. The van der Waals surface area contributed by atoms with E-state index < -0.39 is 0 Å². The Hall–Kier alpha value is -6.72. The van der Waals surface area contributed by atoms with Crippen LogP contribution in [0, 0.1) is 46.3 Å². The average molecular weight is 983 g/mol. The van der Waals surface area contributed by atoms with Crippen LogP contribution in [0.5, 0.6) is 0 Å². The van der Waals surface area contributed by atoms with Crippen LogP contribution in [0.4, 0.5) is 11.4 Å². The number of fused-ring (bicyclic) bond motifs is 18. The van der Waals surface area contributed by atoms with Gasteiger partial charge in [0.25, 0.3) is 0 Å². The summed E-state index contributed by atoms with van der Waals surface area (Å²) in [6.45, 7) is 6.90. The fraction of sp³-hybridized carbons (Fsp3) is 0.352. The molecular weight excluding hydrogens is 924 g/mol. The molecule has 0 amide bonds. The zero-order chi connectivity index (χ0) is 49.3. The summed E-state index contributed by atoms with van der Waals surface area (Å²) in [6.07, 6.45) is 15.8. The van der Waals surface area contributed by atoms with Crippen LogP contribution in [-0.4, -0.2) is 11.4 Å². The van der Waals surface area contributed by atoms with Gasteiger partial charge in [0, 0.05) is 66.6 Å². The van der Waals surface area contributed by atoms with E-state index in [0.717, 1.165) is 68.6 Å². The largest absolute Gasteiger partial charge is 0.456 e. The molecule has 2 spiro atoms. The molecule has 3 aromatic heterocycles. The number of furan rings is 2. The number of anilines is 2. The van der Waals surface area contributed by atoms with Crippen LogP contribution in [0.2, 0.25) is 0 Å². The summed E-state index contributed by atoms with van der Waals surface area (Å²) in [5.74, 6) is 5.62. The zero-order valence-corrected chi connectivity index (χ0v) is 43.7. The highest BCUT2D eigenvalue weighted by molar-refractivity contribution is 6.94. The number of benzene rings is 8. The van der Waals surface area contributed by atoms with Crippen molar-refractivity contribution in [1.29, 1.82) is 0 Å². The Kier molecular flexibility index (Phi) is 6.66. The molecule has 8 aliphatic carbocycles. The maximum atomic E-state index is 7.33. The molecule has 0 N–H and O–H groups in total. The van der Waals surface area contributed by atoms with Crippen LogP contribution in [0.15, 0.2) is 142 Å². The molecule has 2 aliphatic heterocycles. The molecule has 76 heavy (non-hydrogen) atoms. The van der Waals surface area contributed by atoms with Crippen LogP contribution in [-0.2, 0) is 16.2 Å². The fourth-order valence-corrected chi connectivity index (χ4v) is 21.8. The van der Waals surface area contributed by atoms with Crippen molar-refractivity contribution in [2.45, 2.75) is 108 Å². The van der Waals surface area contributed by atoms with Crippen molar-refractivity contribution in [3.05, 3.63) is 150 Å².